The number of carbonyl (C=O) groups excluding carboxylic acids is 1. The topological polar surface area (TPSA) is 196 Å². The van der Waals surface area contributed by atoms with E-state index in [-0.39, 0.29) is 70.8 Å². The number of hydrogen-bond acceptors (Lipinski definition) is 10. The maximum absolute atomic E-state index is 15.4. The monoisotopic (exact) mass is 710 g/mol. The van der Waals surface area contributed by atoms with Gasteiger partial charge in [-0.25, -0.2) is 33.5 Å². The third kappa shape index (κ3) is 8.79. The number of halogens is 4. The lowest BCUT2D eigenvalue weighted by Crippen LogP contribution is -2.46. The Labute approximate surface area is 282 Å². The smallest absolute Gasteiger partial charge is 0.410 e. The van der Waals surface area contributed by atoms with Crippen molar-refractivity contribution in [3.63, 3.8) is 0 Å². The number of rotatable bonds is 2. The summed E-state index contributed by atoms with van der Waals surface area (Å²) in [6.07, 6.45) is 2.88. The molecule has 4 aromatic rings. The summed E-state index contributed by atoms with van der Waals surface area (Å²) in [5, 5.41) is 10.9. The van der Waals surface area contributed by atoms with Crippen molar-refractivity contribution >= 4 is 57.6 Å². The number of alkyl halides is 2. The highest BCUT2D eigenvalue weighted by molar-refractivity contribution is 6.30. The Bertz CT molecular complexity index is 1900. The summed E-state index contributed by atoms with van der Waals surface area (Å²) >= 11 is 11.5. The van der Waals surface area contributed by atoms with Crippen molar-refractivity contribution in [3.8, 4) is 0 Å². The molecule has 2 aliphatic heterocycles. The number of aromatic amines is 2. The zero-order chi connectivity index (χ0) is 35.3. The molecular formula is C30H34Cl2F2N8O6. The van der Waals surface area contributed by atoms with Crippen molar-refractivity contribution < 1.29 is 28.2 Å². The Hall–Kier alpha value is -4.28. The first-order chi connectivity index (χ1) is 22.6. The summed E-state index contributed by atoms with van der Waals surface area (Å²) < 4.78 is 35.5. The van der Waals surface area contributed by atoms with Crippen molar-refractivity contribution in [2.45, 2.75) is 63.4 Å². The minimum absolute atomic E-state index is 0.0156. The number of piperidine rings is 2. The molecule has 4 aromatic heterocycles. The lowest BCUT2D eigenvalue weighted by Gasteiger charge is -2.36. The van der Waals surface area contributed by atoms with Gasteiger partial charge in [-0.05, 0) is 46.0 Å². The third-order valence-electron chi connectivity index (χ3n) is 7.57. The molecule has 6 heterocycles. The van der Waals surface area contributed by atoms with E-state index in [4.69, 9.17) is 37.8 Å². The first kappa shape index (κ1) is 36.6. The number of amides is 1. The number of fused-ring (bicyclic) bond motifs is 2. The Morgan fingerprint density at radius 1 is 0.896 bits per heavy atom. The molecule has 2 fully saturated rings. The van der Waals surface area contributed by atoms with Crippen molar-refractivity contribution in [1.82, 2.24) is 40.1 Å². The number of hydrogen-bond donors (Lipinski definition) is 4. The second kappa shape index (κ2) is 14.9. The van der Waals surface area contributed by atoms with Crippen LogP contribution in [0.3, 0.4) is 0 Å². The fourth-order valence-corrected chi connectivity index (χ4v) is 5.44. The standard InChI is InChI=1S/C17H20ClFN4O3.C12H12ClFN4O.CH2O2/c1-16(2,3)26-15(25)23-6-4-17(19,5-7-23)14-21-11-9-20-12(18)8-10(11)13(24)22-14;13-9-5-7-8(6-16-9)17-11(18-10(7)19)12(14)1-3-15-4-2-12;2-1-3/h8-9H,4-7H2,1-3H3,(H,21,22,24);5-6,15H,1-4H2,(H,17,18,19);1H,(H,2,3). The minimum atomic E-state index is -1.83. The molecule has 0 radical (unpaired) electrons. The van der Waals surface area contributed by atoms with Crippen molar-refractivity contribution in [2.24, 2.45) is 0 Å². The molecule has 4 N–H and O–H groups in total. The van der Waals surface area contributed by atoms with Gasteiger partial charge in [0.25, 0.3) is 17.6 Å². The van der Waals surface area contributed by atoms with Crippen LogP contribution in [0.4, 0.5) is 13.6 Å². The van der Waals surface area contributed by atoms with E-state index in [1.54, 1.807) is 20.8 Å². The van der Waals surface area contributed by atoms with Gasteiger partial charge in [0, 0.05) is 38.8 Å². The lowest BCUT2D eigenvalue weighted by molar-refractivity contribution is -0.122. The molecule has 18 heteroatoms. The third-order valence-corrected chi connectivity index (χ3v) is 7.98. The fourth-order valence-electron chi connectivity index (χ4n) is 5.13. The highest BCUT2D eigenvalue weighted by Gasteiger charge is 2.41. The van der Waals surface area contributed by atoms with E-state index in [1.807, 2.05) is 0 Å². The SMILES string of the molecule is CC(C)(C)OC(=O)N1CCC(F)(c2nc3cnc(Cl)cc3c(=O)[nH]2)CC1.O=CO.O=c1[nH]c(C2(F)CCNCC2)nc2cnc(Cl)cc12. The van der Waals surface area contributed by atoms with Gasteiger partial charge < -0.3 is 30.0 Å². The number of nitrogens with one attached hydrogen (secondary N) is 3. The van der Waals surface area contributed by atoms with E-state index < -0.39 is 28.6 Å². The van der Waals surface area contributed by atoms with E-state index in [9.17, 15) is 18.8 Å². The zero-order valence-electron chi connectivity index (χ0n) is 26.3. The van der Waals surface area contributed by atoms with Gasteiger partial charge in [0.15, 0.2) is 11.3 Å². The van der Waals surface area contributed by atoms with E-state index in [0.717, 1.165) is 0 Å². The highest BCUT2D eigenvalue weighted by Crippen LogP contribution is 2.36. The molecule has 0 spiro atoms. The molecule has 48 heavy (non-hydrogen) atoms. The van der Waals surface area contributed by atoms with Gasteiger partial charge in [0.05, 0.1) is 34.2 Å². The van der Waals surface area contributed by atoms with Crippen molar-refractivity contribution in [2.75, 3.05) is 26.2 Å². The molecule has 0 aromatic carbocycles. The summed E-state index contributed by atoms with van der Waals surface area (Å²) in [5.41, 5.74) is -4.25. The number of ether oxygens (including phenoxy) is 1. The summed E-state index contributed by atoms with van der Waals surface area (Å²) in [5.74, 6) is 0.0265. The molecule has 0 atom stereocenters. The van der Waals surface area contributed by atoms with Crippen LogP contribution in [0, 0.1) is 0 Å². The summed E-state index contributed by atoms with van der Waals surface area (Å²) in [7, 11) is 0. The van der Waals surface area contributed by atoms with Crippen LogP contribution in [0.2, 0.25) is 10.3 Å². The molecule has 14 nitrogen and oxygen atoms in total. The summed E-state index contributed by atoms with van der Waals surface area (Å²) in [4.78, 5) is 67.3. The van der Waals surface area contributed by atoms with E-state index in [1.165, 1.54) is 29.4 Å². The predicted molar refractivity (Wildman–Crippen MR) is 174 cm³/mol. The van der Waals surface area contributed by atoms with Gasteiger partial charge in [-0.1, -0.05) is 23.2 Å². The normalized spacial score (nSPS) is 17.0. The zero-order valence-corrected chi connectivity index (χ0v) is 27.8. The molecule has 6 rings (SSSR count). The largest absolute Gasteiger partial charge is 0.483 e. The number of carbonyl (C=O) groups is 2. The molecule has 0 saturated carbocycles. The lowest BCUT2D eigenvalue weighted by atomic mass is 9.92. The molecule has 0 bridgehead atoms. The van der Waals surface area contributed by atoms with Gasteiger partial charge in [-0.3, -0.25) is 14.4 Å². The number of nitrogens with zero attached hydrogens (tertiary/aromatic N) is 5. The van der Waals surface area contributed by atoms with Gasteiger partial charge in [0.2, 0.25) is 0 Å². The Balaban J connectivity index is 0.000000208. The molecular weight excluding hydrogens is 677 g/mol. The van der Waals surface area contributed by atoms with Crippen LogP contribution >= 0.6 is 23.2 Å². The molecule has 0 aliphatic carbocycles. The summed E-state index contributed by atoms with van der Waals surface area (Å²) in [6.45, 7) is 6.56. The van der Waals surface area contributed by atoms with Crippen LogP contribution in [0.5, 0.6) is 0 Å². The van der Waals surface area contributed by atoms with Gasteiger partial charge >= 0.3 is 6.09 Å². The molecule has 2 saturated heterocycles. The Morgan fingerprint density at radius 2 is 1.31 bits per heavy atom. The Kier molecular flexibility index (Phi) is 11.3. The predicted octanol–water partition coefficient (Wildman–Crippen LogP) is 4.39. The van der Waals surface area contributed by atoms with Crippen LogP contribution in [0.25, 0.3) is 21.8 Å². The van der Waals surface area contributed by atoms with E-state index in [0.29, 0.717) is 36.8 Å². The van der Waals surface area contributed by atoms with Gasteiger partial charge in [-0.15, -0.1) is 0 Å². The second-order valence-electron chi connectivity index (χ2n) is 12.1. The number of H-pyrrole nitrogens is 2. The Morgan fingerprint density at radius 3 is 1.73 bits per heavy atom. The molecule has 2 aliphatic rings. The van der Waals surface area contributed by atoms with Crippen molar-refractivity contribution in [1.29, 1.82) is 0 Å². The van der Waals surface area contributed by atoms with Crippen LogP contribution in [-0.2, 0) is 20.9 Å². The average molecular weight is 712 g/mol. The fraction of sp³-hybridized carbons (Fsp3) is 0.467. The number of pyridine rings is 2. The quantitative estimate of drug-likeness (QED) is 0.170. The van der Waals surface area contributed by atoms with Crippen LogP contribution in [-0.4, -0.2) is 84.3 Å². The highest BCUT2D eigenvalue weighted by atomic mass is 35.5. The van der Waals surface area contributed by atoms with Gasteiger partial charge in [0.1, 0.15) is 27.6 Å². The van der Waals surface area contributed by atoms with E-state index >= 15 is 4.39 Å². The maximum Gasteiger partial charge on any atom is 0.410 e. The van der Waals surface area contributed by atoms with Crippen LogP contribution in [0.15, 0.2) is 34.1 Å². The molecule has 0 unspecified atom stereocenters. The van der Waals surface area contributed by atoms with Crippen LogP contribution in [0.1, 0.15) is 58.1 Å². The number of carboxylic acid groups (broad SMARTS) is 1. The second-order valence-corrected chi connectivity index (χ2v) is 12.9. The molecule has 1 amide bonds. The van der Waals surface area contributed by atoms with Gasteiger partial charge in [-0.2, -0.15) is 0 Å². The minimum Gasteiger partial charge on any atom is -0.483 e. The van der Waals surface area contributed by atoms with Crippen LogP contribution < -0.4 is 16.4 Å². The summed E-state index contributed by atoms with van der Waals surface area (Å²) in [6, 6.07) is 2.82. The van der Waals surface area contributed by atoms with E-state index in [2.05, 4.69) is 35.2 Å². The maximum atomic E-state index is 15.4. The first-order valence-corrected chi connectivity index (χ1v) is 15.6. The van der Waals surface area contributed by atoms with Crippen molar-refractivity contribution in [3.05, 3.63) is 67.2 Å². The molecule has 258 valence electrons. The number of aromatic nitrogens is 6. The first-order valence-electron chi connectivity index (χ1n) is 14.8. The number of likely N-dealkylation sites (tertiary alicyclic amines) is 1. The average Bonchev–Trinajstić information content (AvgIpc) is 3.02.